The Morgan fingerprint density at radius 2 is 2.00 bits per heavy atom. The minimum atomic E-state index is -0.387. The maximum atomic E-state index is 12.8. The van der Waals surface area contributed by atoms with Crippen molar-refractivity contribution in [1.82, 2.24) is 24.9 Å². The van der Waals surface area contributed by atoms with Crippen LogP contribution in [0.5, 0.6) is 0 Å². The summed E-state index contributed by atoms with van der Waals surface area (Å²) in [5.74, 6) is 4.76. The summed E-state index contributed by atoms with van der Waals surface area (Å²) in [5, 5.41) is 0. The number of carbonyl (C=O) groups is 2. The van der Waals surface area contributed by atoms with Gasteiger partial charge in [-0.25, -0.2) is 10.6 Å². The Labute approximate surface area is 203 Å². The molecule has 2 aliphatic rings. The number of nitrogens with one attached hydrogen (secondary N) is 2. The third-order valence-electron chi connectivity index (χ3n) is 6.02. The summed E-state index contributed by atoms with van der Waals surface area (Å²) >= 11 is 1.33. The normalized spacial score (nSPS) is 19.1. The van der Waals surface area contributed by atoms with Gasteiger partial charge in [-0.05, 0) is 49.3 Å². The topological polar surface area (TPSA) is 116 Å². The highest BCUT2D eigenvalue weighted by Crippen LogP contribution is 2.23. The van der Waals surface area contributed by atoms with Gasteiger partial charge in [-0.2, -0.15) is 0 Å². The maximum Gasteiger partial charge on any atom is 0.327 e. The van der Waals surface area contributed by atoms with Crippen molar-refractivity contribution in [2.75, 3.05) is 57.8 Å². The molecule has 2 aromatic rings. The van der Waals surface area contributed by atoms with Crippen LogP contribution in [0.25, 0.3) is 0 Å². The molecule has 4 N–H and O–H groups in total. The number of likely N-dealkylation sites (N-methyl/N-ethyl adjacent to an activating group) is 1. The maximum absolute atomic E-state index is 12.8. The zero-order chi connectivity index (χ0) is 23.9. The van der Waals surface area contributed by atoms with Crippen molar-refractivity contribution >= 4 is 29.6 Å². The Balaban J connectivity index is 1.27. The molecule has 34 heavy (non-hydrogen) atoms. The first-order valence-corrected chi connectivity index (χ1v) is 12.2. The van der Waals surface area contributed by atoms with Crippen LogP contribution in [-0.4, -0.2) is 85.7 Å². The van der Waals surface area contributed by atoms with E-state index in [0.717, 1.165) is 36.8 Å². The number of ether oxygens (including phenoxy) is 1. The van der Waals surface area contributed by atoms with Gasteiger partial charge in [-0.15, -0.1) is 0 Å². The van der Waals surface area contributed by atoms with Crippen molar-refractivity contribution in [1.29, 1.82) is 0 Å². The largest absolute Gasteiger partial charge is 0.374 e. The lowest BCUT2D eigenvalue weighted by Crippen LogP contribution is -2.49. The first kappa shape index (κ1) is 24.3. The third kappa shape index (κ3) is 6.38. The minimum Gasteiger partial charge on any atom is -0.374 e. The summed E-state index contributed by atoms with van der Waals surface area (Å²) in [6.07, 6.45) is 1.87. The zero-order valence-electron chi connectivity index (χ0n) is 19.3. The van der Waals surface area contributed by atoms with Gasteiger partial charge in [0.25, 0.3) is 5.91 Å². The van der Waals surface area contributed by atoms with E-state index in [2.05, 4.69) is 44.1 Å². The van der Waals surface area contributed by atoms with Crippen LogP contribution in [0, 0.1) is 0 Å². The van der Waals surface area contributed by atoms with Crippen molar-refractivity contribution in [2.45, 2.75) is 17.4 Å². The fourth-order valence-electron chi connectivity index (χ4n) is 4.00. The number of benzene rings is 1. The number of hydrogen-bond donors (Lipinski definition) is 3. The molecule has 2 aliphatic heterocycles. The van der Waals surface area contributed by atoms with E-state index >= 15 is 0 Å². The molecule has 11 heteroatoms. The standard InChI is InChI=1S/C23H31N7O3S/c1-28-7-9-29(10-8-28)19-3-2-4-21(14-19)34-27-23(32)30-11-12-33-20(16-30)13-18-6-5-17(15-25-18)22(31)26-24/h2-6,14-15,20H,7-13,16,24H2,1H3,(H,26,31)(H,27,32). The van der Waals surface area contributed by atoms with Crippen LogP contribution in [0.4, 0.5) is 10.5 Å². The van der Waals surface area contributed by atoms with Crippen molar-refractivity contribution in [3.8, 4) is 0 Å². The minimum absolute atomic E-state index is 0.133. The lowest BCUT2D eigenvalue weighted by atomic mass is 10.1. The summed E-state index contributed by atoms with van der Waals surface area (Å²) in [6, 6.07) is 11.6. The second kappa shape index (κ2) is 11.5. The van der Waals surface area contributed by atoms with Crippen molar-refractivity contribution in [2.24, 2.45) is 5.84 Å². The van der Waals surface area contributed by atoms with Crippen LogP contribution < -0.4 is 20.9 Å². The first-order chi connectivity index (χ1) is 16.5. The number of nitrogen functional groups attached to an aromatic ring is 1. The summed E-state index contributed by atoms with van der Waals surface area (Å²) in [4.78, 5) is 36.1. The second-order valence-electron chi connectivity index (χ2n) is 8.45. The predicted molar refractivity (Wildman–Crippen MR) is 131 cm³/mol. The molecule has 0 saturated carbocycles. The van der Waals surface area contributed by atoms with E-state index < -0.39 is 0 Å². The van der Waals surface area contributed by atoms with Crippen molar-refractivity contribution in [3.63, 3.8) is 0 Å². The van der Waals surface area contributed by atoms with E-state index in [1.165, 1.54) is 23.8 Å². The molecule has 3 heterocycles. The molecule has 1 aromatic heterocycles. The smallest absolute Gasteiger partial charge is 0.327 e. The molecular formula is C23H31N7O3S. The monoisotopic (exact) mass is 485 g/mol. The number of rotatable bonds is 6. The van der Waals surface area contributed by atoms with Crippen LogP contribution in [0.1, 0.15) is 16.1 Å². The number of hydrazine groups is 1. The molecule has 0 radical (unpaired) electrons. The molecule has 4 rings (SSSR count). The Kier molecular flexibility index (Phi) is 8.22. The van der Waals surface area contributed by atoms with Gasteiger partial charge in [0.2, 0.25) is 0 Å². The molecule has 182 valence electrons. The molecule has 0 spiro atoms. The highest BCUT2D eigenvalue weighted by molar-refractivity contribution is 7.98. The number of pyridine rings is 1. The molecule has 2 fully saturated rings. The highest BCUT2D eigenvalue weighted by Gasteiger charge is 2.25. The molecule has 1 atom stereocenters. The molecule has 1 aromatic carbocycles. The van der Waals surface area contributed by atoms with Gasteiger partial charge in [-0.3, -0.25) is 19.9 Å². The fraction of sp³-hybridized carbons (Fsp3) is 0.435. The summed E-state index contributed by atoms with van der Waals surface area (Å²) < 4.78 is 8.80. The number of nitrogens with two attached hydrogens (primary N) is 1. The van der Waals surface area contributed by atoms with Gasteiger partial charge in [0.05, 0.1) is 18.3 Å². The number of urea groups is 1. The number of hydrogen-bond acceptors (Lipinski definition) is 8. The number of morpholine rings is 1. The molecule has 0 aliphatic carbocycles. The number of piperazine rings is 1. The van der Waals surface area contributed by atoms with Crippen LogP contribution in [-0.2, 0) is 11.2 Å². The van der Waals surface area contributed by atoms with Crippen LogP contribution in [0.2, 0.25) is 0 Å². The van der Waals surface area contributed by atoms with E-state index in [0.29, 0.717) is 31.7 Å². The molecular weight excluding hydrogens is 454 g/mol. The fourth-order valence-corrected chi connectivity index (χ4v) is 4.66. The number of anilines is 1. The van der Waals surface area contributed by atoms with E-state index in [1.54, 1.807) is 17.0 Å². The Bertz CT molecular complexity index is 983. The van der Waals surface area contributed by atoms with E-state index in [-0.39, 0.29) is 18.0 Å². The van der Waals surface area contributed by atoms with Gasteiger partial charge in [0.1, 0.15) is 0 Å². The summed E-state index contributed by atoms with van der Waals surface area (Å²) in [6.45, 7) is 5.58. The highest BCUT2D eigenvalue weighted by atomic mass is 32.2. The van der Waals surface area contributed by atoms with Gasteiger partial charge in [-0.1, -0.05) is 6.07 Å². The van der Waals surface area contributed by atoms with Gasteiger partial charge in [0.15, 0.2) is 0 Å². The van der Waals surface area contributed by atoms with Gasteiger partial charge in [0, 0.05) is 68.2 Å². The average molecular weight is 486 g/mol. The Hall–Kier alpha value is -2.86. The van der Waals surface area contributed by atoms with Gasteiger partial charge < -0.3 is 19.4 Å². The second-order valence-corrected chi connectivity index (χ2v) is 9.33. The number of amides is 3. The molecule has 10 nitrogen and oxygen atoms in total. The predicted octanol–water partition coefficient (Wildman–Crippen LogP) is 1.10. The average Bonchev–Trinajstić information content (AvgIpc) is 2.88. The molecule has 0 bridgehead atoms. The number of nitrogens with zero attached hydrogens (tertiary/aromatic N) is 4. The number of aromatic nitrogens is 1. The Morgan fingerprint density at radius 1 is 1.18 bits per heavy atom. The van der Waals surface area contributed by atoms with E-state index in [4.69, 9.17) is 10.6 Å². The van der Waals surface area contributed by atoms with Crippen molar-refractivity contribution < 1.29 is 14.3 Å². The molecule has 1 unspecified atom stereocenters. The summed E-state index contributed by atoms with van der Waals surface area (Å²) in [7, 11) is 2.14. The zero-order valence-corrected chi connectivity index (χ0v) is 20.1. The lowest BCUT2D eigenvalue weighted by molar-refractivity contribution is -0.0129. The summed E-state index contributed by atoms with van der Waals surface area (Å²) in [5.41, 5.74) is 4.45. The van der Waals surface area contributed by atoms with Gasteiger partial charge >= 0.3 is 6.03 Å². The van der Waals surface area contributed by atoms with Crippen LogP contribution >= 0.6 is 11.9 Å². The van der Waals surface area contributed by atoms with E-state index in [9.17, 15) is 9.59 Å². The quantitative estimate of drug-likeness (QED) is 0.241. The first-order valence-electron chi connectivity index (χ1n) is 11.3. The van der Waals surface area contributed by atoms with E-state index in [1.807, 2.05) is 12.1 Å². The Morgan fingerprint density at radius 3 is 2.74 bits per heavy atom. The molecule has 2 saturated heterocycles. The van der Waals surface area contributed by atoms with Crippen LogP contribution in [0.15, 0.2) is 47.5 Å². The van der Waals surface area contributed by atoms with Crippen LogP contribution in [0.3, 0.4) is 0 Å². The lowest BCUT2D eigenvalue weighted by Gasteiger charge is -2.34. The molecule has 3 amide bonds. The van der Waals surface area contributed by atoms with Crippen molar-refractivity contribution in [3.05, 3.63) is 53.9 Å². The third-order valence-corrected chi connectivity index (χ3v) is 6.79. The SMILES string of the molecule is CN1CCN(c2cccc(SNC(=O)N3CCOC(Cc4ccc(C(=O)NN)cn4)C3)c2)CC1. The number of carbonyl (C=O) groups excluding carboxylic acids is 2.